The van der Waals surface area contributed by atoms with Gasteiger partial charge in [0.1, 0.15) is 29.2 Å². The van der Waals surface area contributed by atoms with E-state index in [9.17, 15) is 10.4 Å². The number of aliphatic hydroxyl groups excluding tert-OH is 1. The molecule has 3 aromatic heterocycles. The molecule has 3 atom stereocenters. The van der Waals surface area contributed by atoms with Gasteiger partial charge in [0.05, 0.1) is 32.1 Å². The van der Waals surface area contributed by atoms with Gasteiger partial charge >= 0.3 is 0 Å². The number of rotatable bonds is 7. The number of aromatic nitrogens is 5. The number of hydrogen-bond donors (Lipinski definition) is 2. The molecule has 0 bridgehead atoms. The zero-order valence-corrected chi connectivity index (χ0v) is 16.4. The second-order valence-corrected chi connectivity index (χ2v) is 6.97. The Hall–Kier alpha value is -3.20. The van der Waals surface area contributed by atoms with E-state index in [0.717, 1.165) is 4.68 Å². The lowest BCUT2D eigenvalue weighted by molar-refractivity contribution is 0.0704. The van der Waals surface area contributed by atoms with E-state index in [2.05, 4.69) is 26.5 Å². The second kappa shape index (κ2) is 8.27. The maximum Gasteiger partial charge on any atom is 0.257 e. The van der Waals surface area contributed by atoms with E-state index >= 15 is 0 Å². The molecule has 11 heteroatoms. The van der Waals surface area contributed by atoms with E-state index in [1.54, 1.807) is 23.9 Å². The van der Waals surface area contributed by atoms with Crippen LogP contribution in [0.25, 0.3) is 11.0 Å². The number of methoxy groups -OCH3 is 1. The lowest BCUT2D eigenvalue weighted by atomic mass is 10.3. The fourth-order valence-corrected chi connectivity index (χ4v) is 3.35. The maximum absolute atomic E-state index is 9.99. The van der Waals surface area contributed by atoms with E-state index in [-0.39, 0.29) is 36.8 Å². The summed E-state index contributed by atoms with van der Waals surface area (Å²) < 4.78 is 41.6. The Bertz CT molecular complexity index is 1190. The lowest BCUT2D eigenvalue weighted by Crippen LogP contribution is -2.30. The molecule has 3 aromatic rings. The zero-order valence-electron chi connectivity index (χ0n) is 19.4. The number of nitrogens with zero attached hydrogens (tertiary/aromatic N) is 6. The summed E-state index contributed by atoms with van der Waals surface area (Å²) in [6.07, 6.45) is 1.26. The van der Waals surface area contributed by atoms with Crippen molar-refractivity contribution >= 4 is 22.7 Å². The molecule has 0 aromatic carbocycles. The van der Waals surface area contributed by atoms with Gasteiger partial charge in [0, 0.05) is 29.8 Å². The molecule has 1 aliphatic rings. The van der Waals surface area contributed by atoms with Crippen LogP contribution in [0.2, 0.25) is 0 Å². The van der Waals surface area contributed by atoms with E-state index in [0.29, 0.717) is 23.3 Å². The monoisotopic (exact) mass is 416 g/mol. The molecule has 0 radical (unpaired) electrons. The second-order valence-electron chi connectivity index (χ2n) is 6.97. The van der Waals surface area contributed by atoms with E-state index in [4.69, 9.17) is 18.3 Å². The molecule has 4 heterocycles. The zero-order chi connectivity index (χ0) is 23.8. The molecule has 0 spiro atoms. The summed E-state index contributed by atoms with van der Waals surface area (Å²) in [5, 5.41) is 27.1. The largest absolute Gasteiger partial charge is 0.466 e. The summed E-state index contributed by atoms with van der Waals surface area (Å²) in [6, 6.07) is 3.68. The van der Waals surface area contributed by atoms with Crippen LogP contribution in [-0.2, 0) is 16.4 Å². The molecule has 0 aliphatic carbocycles. The molecule has 158 valence electrons. The van der Waals surface area contributed by atoms with Gasteiger partial charge in [0.15, 0.2) is 6.10 Å². The van der Waals surface area contributed by atoms with Crippen LogP contribution in [0.5, 0.6) is 5.88 Å². The van der Waals surface area contributed by atoms with Crippen molar-refractivity contribution in [2.45, 2.75) is 25.2 Å². The van der Waals surface area contributed by atoms with Crippen LogP contribution in [0.15, 0.2) is 18.5 Å². The third-order valence-electron chi connectivity index (χ3n) is 4.73. The minimum absolute atomic E-state index is 0.0368. The summed E-state index contributed by atoms with van der Waals surface area (Å²) in [6.45, 7) is -0.00312. The summed E-state index contributed by atoms with van der Waals surface area (Å²) in [5.74, 6) is 0.110. The summed E-state index contributed by atoms with van der Waals surface area (Å²) in [5.41, 5.74) is 1.13. The lowest BCUT2D eigenvalue weighted by Gasteiger charge is -2.16. The predicted octanol–water partition coefficient (Wildman–Crippen LogP) is 1.13. The van der Waals surface area contributed by atoms with Crippen LogP contribution >= 0.6 is 0 Å². The third kappa shape index (κ3) is 3.80. The molecule has 1 saturated heterocycles. The number of hydrogen-bond acceptors (Lipinski definition) is 9. The Labute approximate surface area is 177 Å². The SMILES string of the molecule is [2H]C([2H])([2H])n1cc(Nc2ncc3cc(C#N)n([C@@H](C)COC)c3n2)c(O[C@@H]2COC[C@@H]2O)n1. The van der Waals surface area contributed by atoms with Gasteiger partial charge in [-0.05, 0) is 13.0 Å². The van der Waals surface area contributed by atoms with Crippen LogP contribution < -0.4 is 10.1 Å². The van der Waals surface area contributed by atoms with Gasteiger partial charge in [-0.3, -0.25) is 4.68 Å². The van der Waals surface area contributed by atoms with Crippen molar-refractivity contribution in [1.82, 2.24) is 24.3 Å². The Morgan fingerprint density at radius 3 is 3.10 bits per heavy atom. The normalized spacial score (nSPS) is 21.6. The third-order valence-corrected chi connectivity index (χ3v) is 4.73. The average Bonchev–Trinajstić information content (AvgIpc) is 3.45. The van der Waals surface area contributed by atoms with Crippen LogP contribution in [0, 0.1) is 11.3 Å². The van der Waals surface area contributed by atoms with Gasteiger partial charge in [-0.15, -0.1) is 5.10 Å². The van der Waals surface area contributed by atoms with Crippen molar-refractivity contribution in [3.63, 3.8) is 0 Å². The highest BCUT2D eigenvalue weighted by atomic mass is 16.6. The molecule has 0 amide bonds. The Morgan fingerprint density at radius 2 is 2.40 bits per heavy atom. The van der Waals surface area contributed by atoms with Crippen molar-refractivity contribution in [3.8, 4) is 11.9 Å². The summed E-state index contributed by atoms with van der Waals surface area (Å²) in [4.78, 5) is 8.80. The van der Waals surface area contributed by atoms with Gasteiger partial charge in [-0.25, -0.2) is 4.98 Å². The first-order valence-electron chi connectivity index (χ1n) is 10.8. The Balaban J connectivity index is 1.70. The quantitative estimate of drug-likeness (QED) is 0.581. The molecule has 0 saturated carbocycles. The van der Waals surface area contributed by atoms with E-state index in [1.165, 1.54) is 6.20 Å². The molecule has 11 nitrogen and oxygen atoms in total. The van der Waals surface area contributed by atoms with Crippen molar-refractivity contribution in [2.24, 2.45) is 6.98 Å². The van der Waals surface area contributed by atoms with Crippen LogP contribution in [-0.4, -0.2) is 68.6 Å². The minimum Gasteiger partial charge on any atom is -0.466 e. The molecular formula is C19H23N7O4. The molecular weight excluding hydrogens is 390 g/mol. The minimum atomic E-state index is -2.54. The Kier molecular flexibility index (Phi) is 4.57. The van der Waals surface area contributed by atoms with Crippen LogP contribution in [0.1, 0.15) is 22.8 Å². The smallest absolute Gasteiger partial charge is 0.257 e. The number of nitrogens with one attached hydrogen (secondary N) is 1. The molecule has 2 N–H and O–H groups in total. The maximum atomic E-state index is 9.99. The highest BCUT2D eigenvalue weighted by Gasteiger charge is 2.30. The van der Waals surface area contributed by atoms with Crippen molar-refractivity contribution in [3.05, 3.63) is 24.2 Å². The Morgan fingerprint density at radius 1 is 1.53 bits per heavy atom. The van der Waals surface area contributed by atoms with E-state index < -0.39 is 19.2 Å². The van der Waals surface area contributed by atoms with Crippen LogP contribution in [0.4, 0.5) is 11.6 Å². The van der Waals surface area contributed by atoms with Crippen LogP contribution in [0.3, 0.4) is 0 Å². The number of aliphatic hydroxyl groups is 1. The molecule has 30 heavy (non-hydrogen) atoms. The number of fused-ring (bicyclic) bond motifs is 1. The van der Waals surface area contributed by atoms with E-state index in [1.807, 2.05) is 6.92 Å². The fourth-order valence-electron chi connectivity index (χ4n) is 3.35. The van der Waals surface area contributed by atoms with Gasteiger partial charge < -0.3 is 29.2 Å². The molecule has 1 aliphatic heterocycles. The topological polar surface area (TPSA) is 132 Å². The van der Waals surface area contributed by atoms with Crippen molar-refractivity contribution in [2.75, 3.05) is 32.2 Å². The first kappa shape index (κ1) is 16.6. The fraction of sp³-hybridized carbons (Fsp3) is 0.474. The number of aryl methyl sites for hydroxylation is 1. The number of anilines is 2. The molecule has 1 fully saturated rings. The first-order valence-corrected chi connectivity index (χ1v) is 9.28. The predicted molar refractivity (Wildman–Crippen MR) is 107 cm³/mol. The van der Waals surface area contributed by atoms with Crippen molar-refractivity contribution in [1.29, 1.82) is 5.26 Å². The average molecular weight is 416 g/mol. The highest BCUT2D eigenvalue weighted by molar-refractivity contribution is 5.79. The highest BCUT2D eigenvalue weighted by Crippen LogP contribution is 2.29. The standard InChI is InChI=1S/C19H23N7O4/c1-11(8-28-3)26-13(5-20)4-12-6-21-19(23-17(12)26)22-14-7-25(2)24-18(14)30-16-10-29-9-15(16)27/h4,6-7,11,15-16,27H,8-10H2,1-3H3,(H,21,22,23)/t11-,15-,16+/m0/s1/i2D3. The van der Waals surface area contributed by atoms with Gasteiger partial charge in [-0.1, -0.05) is 0 Å². The van der Waals surface area contributed by atoms with Crippen molar-refractivity contribution < 1.29 is 23.4 Å². The first-order chi connectivity index (χ1) is 15.7. The van der Waals surface area contributed by atoms with Gasteiger partial charge in [0.25, 0.3) is 5.88 Å². The summed E-state index contributed by atoms with van der Waals surface area (Å²) in [7, 11) is 1.58. The number of nitriles is 1. The summed E-state index contributed by atoms with van der Waals surface area (Å²) >= 11 is 0. The number of ether oxygens (including phenoxy) is 3. The molecule has 4 rings (SSSR count). The van der Waals surface area contributed by atoms with Gasteiger partial charge in [-0.2, -0.15) is 10.2 Å². The molecule has 0 unspecified atom stereocenters. The van der Waals surface area contributed by atoms with Gasteiger partial charge in [0.2, 0.25) is 5.95 Å².